The van der Waals surface area contributed by atoms with Crippen LogP contribution in [0.3, 0.4) is 0 Å². The van der Waals surface area contributed by atoms with Gasteiger partial charge < -0.3 is 10.3 Å². The van der Waals surface area contributed by atoms with Crippen molar-refractivity contribution in [3.8, 4) is 11.3 Å². The molecule has 0 saturated heterocycles. The molecule has 0 amide bonds. The Kier molecular flexibility index (Phi) is 3.92. The van der Waals surface area contributed by atoms with E-state index >= 15 is 0 Å². The molecule has 2 aromatic rings. The first-order valence-corrected chi connectivity index (χ1v) is 8.10. The molecule has 1 aromatic carbocycles. The third-order valence-corrected chi connectivity index (χ3v) is 4.42. The number of rotatable bonds is 4. The summed E-state index contributed by atoms with van der Waals surface area (Å²) in [5.41, 5.74) is 10.1. The third kappa shape index (κ3) is 2.73. The fourth-order valence-electron chi connectivity index (χ4n) is 2.88. The van der Waals surface area contributed by atoms with E-state index in [0.717, 1.165) is 24.1 Å². The summed E-state index contributed by atoms with van der Waals surface area (Å²) >= 11 is 0. The van der Waals surface area contributed by atoms with Crippen LogP contribution in [0.4, 0.5) is 0 Å². The zero-order valence-corrected chi connectivity index (χ0v) is 13.5. The van der Waals surface area contributed by atoms with Gasteiger partial charge >= 0.3 is 0 Å². The van der Waals surface area contributed by atoms with Gasteiger partial charge in [-0.1, -0.05) is 38.1 Å². The van der Waals surface area contributed by atoms with Crippen LogP contribution in [0, 0.1) is 0 Å². The van der Waals surface area contributed by atoms with Crippen molar-refractivity contribution in [3.63, 3.8) is 0 Å². The largest absolute Gasteiger partial charge is 0.324 e. The van der Waals surface area contributed by atoms with E-state index in [1.165, 1.54) is 5.56 Å². The van der Waals surface area contributed by atoms with E-state index in [1.54, 1.807) is 0 Å². The Morgan fingerprint density at radius 2 is 1.68 bits per heavy atom. The molecule has 1 aromatic heterocycles. The quantitative estimate of drug-likeness (QED) is 0.927. The van der Waals surface area contributed by atoms with Gasteiger partial charge in [-0.25, -0.2) is 0 Å². The molecule has 3 rings (SSSR count). The lowest BCUT2D eigenvalue weighted by molar-refractivity contribution is 0.684. The zero-order chi connectivity index (χ0) is 15.9. The first kappa shape index (κ1) is 15.0. The number of nitrogens with zero attached hydrogens (tertiary/aromatic N) is 1. The topological polar surface area (TPSA) is 48.0 Å². The zero-order valence-electron chi connectivity index (χ0n) is 13.5. The van der Waals surface area contributed by atoms with Crippen molar-refractivity contribution in [2.24, 2.45) is 5.73 Å². The summed E-state index contributed by atoms with van der Waals surface area (Å²) in [6.45, 7) is 6.24. The molecule has 0 aliphatic heterocycles. The van der Waals surface area contributed by atoms with Crippen LogP contribution >= 0.6 is 0 Å². The maximum Gasteiger partial charge on any atom is 0.256 e. The average Bonchev–Trinajstić information content (AvgIpc) is 3.31. The van der Waals surface area contributed by atoms with E-state index in [0.29, 0.717) is 17.5 Å². The summed E-state index contributed by atoms with van der Waals surface area (Å²) in [5, 5.41) is 0. The van der Waals surface area contributed by atoms with Gasteiger partial charge in [0.2, 0.25) is 0 Å². The predicted molar refractivity (Wildman–Crippen MR) is 91.1 cm³/mol. The van der Waals surface area contributed by atoms with Crippen LogP contribution in [0.5, 0.6) is 0 Å². The molecule has 22 heavy (non-hydrogen) atoms. The first-order valence-electron chi connectivity index (χ1n) is 8.10. The third-order valence-electron chi connectivity index (χ3n) is 4.42. The minimum absolute atomic E-state index is 0.0722. The summed E-state index contributed by atoms with van der Waals surface area (Å²) < 4.78 is 1.95. The number of hydrogen-bond acceptors (Lipinski definition) is 2. The molecule has 0 spiro atoms. The molecule has 1 heterocycles. The second-order valence-corrected chi connectivity index (χ2v) is 6.65. The molecule has 1 fully saturated rings. The molecule has 0 radical (unpaired) electrons. The van der Waals surface area contributed by atoms with Crippen LogP contribution < -0.4 is 11.3 Å². The fraction of sp³-hybridized carbons (Fsp3) is 0.421. The highest BCUT2D eigenvalue weighted by molar-refractivity contribution is 5.61. The van der Waals surface area contributed by atoms with Crippen LogP contribution in [0.15, 0.2) is 41.2 Å². The first-order chi connectivity index (χ1) is 10.5. The monoisotopic (exact) mass is 296 g/mol. The Bertz CT molecular complexity index is 722. The van der Waals surface area contributed by atoms with E-state index < -0.39 is 0 Å². The lowest BCUT2D eigenvalue weighted by atomic mass is 10.00. The van der Waals surface area contributed by atoms with Crippen molar-refractivity contribution < 1.29 is 0 Å². The Balaban J connectivity index is 2.10. The number of pyridine rings is 1. The maximum absolute atomic E-state index is 12.7. The van der Waals surface area contributed by atoms with Crippen LogP contribution in [0.25, 0.3) is 11.3 Å². The summed E-state index contributed by atoms with van der Waals surface area (Å²) in [5.74, 6) is 0.514. The molecule has 116 valence electrons. The Morgan fingerprint density at radius 3 is 2.18 bits per heavy atom. The van der Waals surface area contributed by atoms with Gasteiger partial charge in [0.25, 0.3) is 5.56 Å². The van der Waals surface area contributed by atoms with Crippen LogP contribution in [-0.4, -0.2) is 4.57 Å². The Hall–Kier alpha value is -1.87. The molecule has 1 aliphatic carbocycles. The van der Waals surface area contributed by atoms with E-state index in [-0.39, 0.29) is 11.6 Å². The molecule has 3 heteroatoms. The fourth-order valence-corrected chi connectivity index (χ4v) is 2.88. The highest BCUT2D eigenvalue weighted by atomic mass is 16.1. The highest BCUT2D eigenvalue weighted by Gasteiger charge is 2.28. The Labute approximate surface area is 131 Å². The van der Waals surface area contributed by atoms with E-state index in [4.69, 9.17) is 5.73 Å². The summed E-state index contributed by atoms with van der Waals surface area (Å²) in [4.78, 5) is 12.7. The number of hydrogen-bond donors (Lipinski definition) is 1. The van der Waals surface area contributed by atoms with Crippen molar-refractivity contribution >= 4 is 0 Å². The van der Waals surface area contributed by atoms with Crippen LogP contribution in [0.1, 0.15) is 62.7 Å². The molecule has 3 nitrogen and oxygen atoms in total. The van der Waals surface area contributed by atoms with Crippen molar-refractivity contribution in [1.82, 2.24) is 4.57 Å². The minimum atomic E-state index is -0.227. The SMILES string of the molecule is CC(C)c1ccc(-c2ccc(C(C)N)c(=O)n2C2CC2)cc1. The second-order valence-electron chi connectivity index (χ2n) is 6.65. The molecule has 1 saturated carbocycles. The standard InChI is InChI=1S/C19H24N2O/c1-12(2)14-4-6-15(7-5-14)18-11-10-17(13(3)20)19(22)21(18)16-8-9-16/h4-7,10-13,16H,8-9,20H2,1-3H3. The van der Waals surface area contributed by atoms with Crippen molar-refractivity contribution in [2.75, 3.05) is 0 Å². The van der Waals surface area contributed by atoms with Crippen molar-refractivity contribution in [1.29, 1.82) is 0 Å². The van der Waals surface area contributed by atoms with Crippen molar-refractivity contribution in [3.05, 3.63) is 57.9 Å². The second kappa shape index (κ2) is 5.73. The van der Waals surface area contributed by atoms with Gasteiger partial charge in [-0.15, -0.1) is 0 Å². The van der Waals surface area contributed by atoms with Crippen LogP contribution in [0.2, 0.25) is 0 Å². The van der Waals surface area contributed by atoms with E-state index in [2.05, 4.69) is 38.1 Å². The molecular weight excluding hydrogens is 272 g/mol. The number of nitrogens with two attached hydrogens (primary N) is 1. The summed E-state index contributed by atoms with van der Waals surface area (Å²) in [7, 11) is 0. The van der Waals surface area contributed by atoms with E-state index in [1.807, 2.05) is 23.6 Å². The van der Waals surface area contributed by atoms with Gasteiger partial charge in [0.15, 0.2) is 0 Å². The highest BCUT2D eigenvalue weighted by Crippen LogP contribution is 2.37. The van der Waals surface area contributed by atoms with Gasteiger partial charge in [0.05, 0.1) is 5.69 Å². The average molecular weight is 296 g/mol. The van der Waals surface area contributed by atoms with Gasteiger partial charge in [0, 0.05) is 17.6 Å². The molecular formula is C19H24N2O. The number of benzene rings is 1. The predicted octanol–water partition coefficient (Wildman–Crippen LogP) is 3.99. The van der Waals surface area contributed by atoms with Gasteiger partial charge in [-0.3, -0.25) is 4.79 Å². The molecule has 1 unspecified atom stereocenters. The molecule has 1 atom stereocenters. The molecule has 1 aliphatic rings. The van der Waals surface area contributed by atoms with Crippen molar-refractivity contribution in [2.45, 2.75) is 51.6 Å². The normalized spacial score (nSPS) is 16.0. The summed E-state index contributed by atoms with van der Waals surface area (Å²) in [6.07, 6.45) is 2.17. The van der Waals surface area contributed by atoms with Gasteiger partial charge in [-0.2, -0.15) is 0 Å². The molecule has 2 N–H and O–H groups in total. The maximum atomic E-state index is 12.7. The lowest BCUT2D eigenvalue weighted by Crippen LogP contribution is -2.27. The lowest BCUT2D eigenvalue weighted by Gasteiger charge is -2.16. The van der Waals surface area contributed by atoms with Crippen LogP contribution in [-0.2, 0) is 0 Å². The smallest absolute Gasteiger partial charge is 0.256 e. The van der Waals surface area contributed by atoms with Gasteiger partial charge in [-0.05, 0) is 48.9 Å². The minimum Gasteiger partial charge on any atom is -0.324 e. The van der Waals surface area contributed by atoms with E-state index in [9.17, 15) is 4.79 Å². The summed E-state index contributed by atoms with van der Waals surface area (Å²) in [6, 6.07) is 12.6. The molecule has 0 bridgehead atoms. The van der Waals surface area contributed by atoms with Gasteiger partial charge in [0.1, 0.15) is 0 Å². The Morgan fingerprint density at radius 1 is 1.05 bits per heavy atom. The number of aromatic nitrogens is 1.